The topological polar surface area (TPSA) is 76.7 Å². The van der Waals surface area contributed by atoms with E-state index < -0.39 is 0 Å². The van der Waals surface area contributed by atoms with Crippen molar-refractivity contribution in [2.75, 3.05) is 19.8 Å². The predicted molar refractivity (Wildman–Crippen MR) is 177 cm³/mol. The monoisotopic (exact) mass is 595 g/mol. The van der Waals surface area contributed by atoms with E-state index >= 15 is 0 Å². The maximum absolute atomic E-state index is 12.5. The first-order valence-corrected chi connectivity index (χ1v) is 18.0. The van der Waals surface area contributed by atoms with Gasteiger partial charge in [-0.2, -0.15) is 0 Å². The molecular weight excluding hydrogens is 524 g/mol. The van der Waals surface area contributed by atoms with E-state index in [-0.39, 0.29) is 29.1 Å². The molecule has 42 heavy (non-hydrogen) atoms. The Bertz CT molecular complexity index is 683. The second-order valence-electron chi connectivity index (χ2n) is 14.4. The molecule has 0 aromatic heterocycles. The lowest BCUT2D eigenvalue weighted by molar-refractivity contribution is 0.0621. The van der Waals surface area contributed by atoms with Gasteiger partial charge in [-0.25, -0.2) is 9.59 Å². The third-order valence-corrected chi connectivity index (χ3v) is 8.89. The van der Waals surface area contributed by atoms with Crippen LogP contribution in [0, 0.1) is 10.8 Å². The third kappa shape index (κ3) is 21.3. The van der Waals surface area contributed by atoms with Crippen molar-refractivity contribution in [3.8, 4) is 0 Å². The zero-order valence-electron chi connectivity index (χ0n) is 28.6. The van der Waals surface area contributed by atoms with Gasteiger partial charge in [0.2, 0.25) is 0 Å². The van der Waals surface area contributed by atoms with Gasteiger partial charge in [0, 0.05) is 12.6 Å². The number of carbonyl (C=O) groups is 2. The number of hydrogen-bond donors (Lipinski definition) is 2. The van der Waals surface area contributed by atoms with Gasteiger partial charge in [0.05, 0.1) is 13.2 Å². The van der Waals surface area contributed by atoms with Crippen molar-refractivity contribution >= 4 is 12.2 Å². The number of carbonyl (C=O) groups excluding carboxylic acids is 2. The first kappa shape index (κ1) is 38.6. The minimum absolute atomic E-state index is 0.0448. The fourth-order valence-electron chi connectivity index (χ4n) is 6.92. The van der Waals surface area contributed by atoms with Crippen LogP contribution in [0.3, 0.4) is 0 Å². The number of alkyl carbamates (subject to hydrolysis) is 2. The number of rotatable bonds is 25. The Kier molecular flexibility index (Phi) is 22.0. The molecule has 0 bridgehead atoms. The van der Waals surface area contributed by atoms with Crippen LogP contribution >= 0.6 is 0 Å². The van der Waals surface area contributed by atoms with Crippen molar-refractivity contribution in [2.24, 2.45) is 10.8 Å². The van der Waals surface area contributed by atoms with Gasteiger partial charge in [0.15, 0.2) is 0 Å². The molecule has 0 radical (unpaired) electrons. The van der Waals surface area contributed by atoms with Crippen LogP contribution < -0.4 is 10.6 Å². The first-order chi connectivity index (χ1) is 20.2. The molecule has 1 rings (SSSR count). The second kappa shape index (κ2) is 23.9. The molecule has 2 atom stereocenters. The zero-order chi connectivity index (χ0) is 30.9. The summed E-state index contributed by atoms with van der Waals surface area (Å²) in [5.74, 6) is 0. The van der Waals surface area contributed by atoms with Crippen molar-refractivity contribution in [3.63, 3.8) is 0 Å². The molecule has 1 aliphatic rings. The number of nitrogens with one attached hydrogen (secondary N) is 2. The summed E-state index contributed by atoms with van der Waals surface area (Å²) in [7, 11) is 0. The Morgan fingerprint density at radius 2 is 1.00 bits per heavy atom. The maximum Gasteiger partial charge on any atom is 0.407 e. The summed E-state index contributed by atoms with van der Waals surface area (Å²) in [5, 5.41) is 6.13. The van der Waals surface area contributed by atoms with Gasteiger partial charge in [-0.05, 0) is 42.9 Å². The Morgan fingerprint density at radius 1 is 0.595 bits per heavy atom. The summed E-state index contributed by atoms with van der Waals surface area (Å²) < 4.78 is 11.0. The average Bonchev–Trinajstić information content (AvgIpc) is 2.92. The van der Waals surface area contributed by atoms with E-state index in [1.165, 1.54) is 103 Å². The third-order valence-electron chi connectivity index (χ3n) is 8.89. The van der Waals surface area contributed by atoms with Crippen molar-refractivity contribution in [3.05, 3.63) is 0 Å². The van der Waals surface area contributed by atoms with E-state index in [2.05, 4.69) is 45.3 Å². The van der Waals surface area contributed by atoms with Crippen LogP contribution in [0.1, 0.15) is 182 Å². The molecule has 248 valence electrons. The van der Waals surface area contributed by atoms with Crippen LogP contribution in [-0.2, 0) is 9.47 Å². The average molecular weight is 595 g/mol. The maximum atomic E-state index is 12.5. The number of unbranched alkanes of at least 4 members (excludes halogenated alkanes) is 18. The van der Waals surface area contributed by atoms with Crippen LogP contribution in [0.15, 0.2) is 0 Å². The lowest BCUT2D eigenvalue weighted by Gasteiger charge is -2.46. The number of hydrogen-bond acceptors (Lipinski definition) is 4. The van der Waals surface area contributed by atoms with Crippen molar-refractivity contribution in [1.82, 2.24) is 10.6 Å². The molecule has 1 fully saturated rings. The number of amides is 2. The molecular formula is C36H70N2O4. The van der Waals surface area contributed by atoms with Crippen LogP contribution in [0.5, 0.6) is 0 Å². The minimum Gasteiger partial charge on any atom is -0.450 e. The summed E-state index contributed by atoms with van der Waals surface area (Å²) in [6, 6.07) is 0.0448. The van der Waals surface area contributed by atoms with Crippen molar-refractivity contribution in [1.29, 1.82) is 0 Å². The van der Waals surface area contributed by atoms with E-state index in [1.807, 2.05) is 0 Å². The lowest BCUT2D eigenvalue weighted by atomic mass is 9.62. The molecule has 0 heterocycles. The van der Waals surface area contributed by atoms with E-state index in [4.69, 9.17) is 9.47 Å². The van der Waals surface area contributed by atoms with Crippen molar-refractivity contribution in [2.45, 2.75) is 188 Å². The summed E-state index contributed by atoms with van der Waals surface area (Å²) in [6.45, 7) is 12.7. The highest BCUT2D eigenvalue weighted by molar-refractivity contribution is 5.68. The smallest absolute Gasteiger partial charge is 0.407 e. The highest BCUT2D eigenvalue weighted by Gasteiger charge is 2.42. The predicted octanol–water partition coefficient (Wildman–Crippen LogP) is 10.9. The minimum atomic E-state index is -0.323. The van der Waals surface area contributed by atoms with Gasteiger partial charge in [0.1, 0.15) is 0 Å². The quantitative estimate of drug-likeness (QED) is 0.103. The van der Waals surface area contributed by atoms with E-state index in [9.17, 15) is 9.59 Å². The van der Waals surface area contributed by atoms with E-state index in [0.29, 0.717) is 19.8 Å². The van der Waals surface area contributed by atoms with Gasteiger partial charge in [-0.1, -0.05) is 150 Å². The Hall–Kier alpha value is -1.46. The molecule has 2 amide bonds. The van der Waals surface area contributed by atoms with Crippen LogP contribution in [0.25, 0.3) is 0 Å². The van der Waals surface area contributed by atoms with Crippen LogP contribution in [-0.4, -0.2) is 38.0 Å². The zero-order valence-corrected chi connectivity index (χ0v) is 28.6. The fourth-order valence-corrected chi connectivity index (χ4v) is 6.92. The summed E-state index contributed by atoms with van der Waals surface area (Å²) >= 11 is 0. The molecule has 2 N–H and O–H groups in total. The molecule has 6 nitrogen and oxygen atoms in total. The largest absolute Gasteiger partial charge is 0.450 e. The highest BCUT2D eigenvalue weighted by Crippen LogP contribution is 2.45. The molecule has 0 saturated heterocycles. The Labute approximate surface area is 260 Å². The fraction of sp³-hybridized carbons (Fsp3) is 0.944. The molecule has 1 aliphatic carbocycles. The highest BCUT2D eigenvalue weighted by atomic mass is 16.6. The van der Waals surface area contributed by atoms with Gasteiger partial charge < -0.3 is 20.1 Å². The molecule has 6 heteroatoms. The molecule has 2 unspecified atom stereocenters. The molecule has 0 aromatic carbocycles. The number of ether oxygens (including phenoxy) is 2. The van der Waals surface area contributed by atoms with Gasteiger partial charge in [-0.3, -0.25) is 0 Å². The SMILES string of the molecule is CCCCCCCCCCCCOC(=O)NCC1(C)CC(NC(=O)OCCCCCCCCCCCC)CC(C)(C)C1. The molecule has 0 spiro atoms. The Morgan fingerprint density at radius 3 is 1.45 bits per heavy atom. The Balaban J connectivity index is 2.17. The second-order valence-corrected chi connectivity index (χ2v) is 14.4. The van der Waals surface area contributed by atoms with E-state index in [0.717, 1.165) is 44.9 Å². The summed E-state index contributed by atoms with van der Waals surface area (Å²) in [5.41, 5.74) is -0.0323. The molecule has 0 aliphatic heterocycles. The van der Waals surface area contributed by atoms with E-state index in [1.54, 1.807) is 0 Å². The lowest BCUT2D eigenvalue weighted by Crippen LogP contribution is -2.50. The van der Waals surface area contributed by atoms with Crippen LogP contribution in [0.2, 0.25) is 0 Å². The van der Waals surface area contributed by atoms with Gasteiger partial charge in [0.25, 0.3) is 0 Å². The molecule has 0 aromatic rings. The standard InChI is InChI=1S/C36H70N2O4/c1-6-8-10-12-14-16-18-20-22-24-26-41-33(39)37-31-36(5)29-32(28-35(3,4)30-36)38-34(40)42-27-25-23-21-19-17-15-13-11-9-7-2/h32H,6-31H2,1-5H3,(H,37,39)(H,38,40). The van der Waals surface area contributed by atoms with Gasteiger partial charge in [-0.15, -0.1) is 0 Å². The first-order valence-electron chi connectivity index (χ1n) is 18.0. The van der Waals surface area contributed by atoms with Crippen molar-refractivity contribution < 1.29 is 19.1 Å². The summed E-state index contributed by atoms with van der Waals surface area (Å²) in [4.78, 5) is 24.9. The van der Waals surface area contributed by atoms with Gasteiger partial charge >= 0.3 is 12.2 Å². The summed E-state index contributed by atoms with van der Waals surface area (Å²) in [6.07, 6.45) is 27.4. The normalized spacial score (nSPS) is 19.8. The molecule has 1 saturated carbocycles. The van der Waals surface area contributed by atoms with Crippen LogP contribution in [0.4, 0.5) is 9.59 Å².